The van der Waals surface area contributed by atoms with Crippen LogP contribution in [0.3, 0.4) is 0 Å². The van der Waals surface area contributed by atoms with Gasteiger partial charge in [-0.3, -0.25) is 4.99 Å². The summed E-state index contributed by atoms with van der Waals surface area (Å²) in [6, 6.07) is 5.98. The molecule has 1 aromatic rings. The number of aliphatic hydroxyl groups is 1. The number of guanidine groups is 1. The summed E-state index contributed by atoms with van der Waals surface area (Å²) < 4.78 is 13.0. The van der Waals surface area contributed by atoms with Crippen molar-refractivity contribution in [1.82, 2.24) is 15.1 Å². The highest BCUT2D eigenvalue weighted by Crippen LogP contribution is 2.20. The molecular formula is C19H30FIN4O. The maximum Gasteiger partial charge on any atom is 0.193 e. The number of benzene rings is 1. The van der Waals surface area contributed by atoms with E-state index in [1.165, 1.54) is 51.0 Å². The summed E-state index contributed by atoms with van der Waals surface area (Å²) in [6.45, 7) is 6.06. The van der Waals surface area contributed by atoms with Gasteiger partial charge in [-0.05, 0) is 56.0 Å². The summed E-state index contributed by atoms with van der Waals surface area (Å²) in [5.41, 5.74) is 0.706. The number of nitrogens with zero attached hydrogens (tertiary/aromatic N) is 3. The van der Waals surface area contributed by atoms with E-state index >= 15 is 0 Å². The molecule has 146 valence electrons. The Hall–Kier alpha value is -0.930. The van der Waals surface area contributed by atoms with E-state index in [2.05, 4.69) is 20.1 Å². The maximum absolute atomic E-state index is 13.0. The lowest BCUT2D eigenvalue weighted by Gasteiger charge is -2.24. The van der Waals surface area contributed by atoms with Gasteiger partial charge in [0.15, 0.2) is 5.96 Å². The van der Waals surface area contributed by atoms with Gasteiger partial charge >= 0.3 is 0 Å². The third kappa shape index (κ3) is 5.79. The molecule has 2 aliphatic heterocycles. The summed E-state index contributed by atoms with van der Waals surface area (Å²) >= 11 is 0. The fourth-order valence-corrected chi connectivity index (χ4v) is 3.83. The second kappa shape index (κ2) is 10.4. The number of aliphatic imine (C=N–C) groups is 1. The van der Waals surface area contributed by atoms with Gasteiger partial charge in [0.25, 0.3) is 0 Å². The fourth-order valence-electron chi connectivity index (χ4n) is 3.83. The molecule has 1 aromatic carbocycles. The second-order valence-electron chi connectivity index (χ2n) is 7.10. The monoisotopic (exact) mass is 476 g/mol. The molecule has 0 amide bonds. The molecule has 2 heterocycles. The molecule has 2 fully saturated rings. The summed E-state index contributed by atoms with van der Waals surface area (Å²) in [5, 5.41) is 13.5. The lowest BCUT2D eigenvalue weighted by molar-refractivity contribution is 0.179. The van der Waals surface area contributed by atoms with E-state index < -0.39 is 6.10 Å². The van der Waals surface area contributed by atoms with Gasteiger partial charge in [-0.25, -0.2) is 4.39 Å². The predicted octanol–water partition coefficient (Wildman–Crippen LogP) is 2.47. The van der Waals surface area contributed by atoms with Crippen LogP contribution < -0.4 is 5.32 Å². The second-order valence-corrected chi connectivity index (χ2v) is 7.10. The Morgan fingerprint density at radius 1 is 1.27 bits per heavy atom. The smallest absolute Gasteiger partial charge is 0.193 e. The van der Waals surface area contributed by atoms with Crippen molar-refractivity contribution in [2.24, 2.45) is 10.9 Å². The largest absolute Gasteiger partial charge is 0.387 e. The highest BCUT2D eigenvalue weighted by molar-refractivity contribution is 14.0. The molecule has 5 nitrogen and oxygen atoms in total. The molecule has 0 bridgehead atoms. The normalized spacial score (nSPS) is 22.3. The average molecular weight is 476 g/mol. The van der Waals surface area contributed by atoms with Crippen LogP contribution in [0.5, 0.6) is 0 Å². The number of nitrogens with one attached hydrogen (secondary N) is 1. The molecule has 3 rings (SSSR count). The van der Waals surface area contributed by atoms with Crippen LogP contribution in [0, 0.1) is 11.7 Å². The molecule has 2 atom stereocenters. The molecule has 2 aliphatic rings. The molecule has 0 aliphatic carbocycles. The fraction of sp³-hybridized carbons (Fsp3) is 0.632. The van der Waals surface area contributed by atoms with Crippen molar-refractivity contribution in [3.05, 3.63) is 35.6 Å². The first-order chi connectivity index (χ1) is 12.2. The zero-order valence-electron chi connectivity index (χ0n) is 15.4. The van der Waals surface area contributed by atoms with E-state index in [9.17, 15) is 9.50 Å². The first kappa shape index (κ1) is 21.4. The van der Waals surface area contributed by atoms with Crippen LogP contribution in [0.25, 0.3) is 0 Å². The number of aliphatic hydroxyl groups excluding tert-OH is 1. The Balaban J connectivity index is 0.00000243. The van der Waals surface area contributed by atoms with Crippen LogP contribution in [0.2, 0.25) is 0 Å². The number of hydrogen-bond acceptors (Lipinski definition) is 3. The number of hydrogen-bond donors (Lipinski definition) is 2. The molecule has 26 heavy (non-hydrogen) atoms. The highest BCUT2D eigenvalue weighted by Gasteiger charge is 2.27. The van der Waals surface area contributed by atoms with Crippen molar-refractivity contribution < 1.29 is 9.50 Å². The summed E-state index contributed by atoms with van der Waals surface area (Å²) in [4.78, 5) is 9.21. The van der Waals surface area contributed by atoms with Gasteiger partial charge in [0, 0.05) is 33.2 Å². The Morgan fingerprint density at radius 2 is 1.96 bits per heavy atom. The third-order valence-corrected chi connectivity index (χ3v) is 5.22. The van der Waals surface area contributed by atoms with E-state index in [0.29, 0.717) is 18.0 Å². The quantitative estimate of drug-likeness (QED) is 0.390. The number of rotatable bonds is 5. The van der Waals surface area contributed by atoms with Crippen LogP contribution in [0.1, 0.15) is 30.9 Å². The van der Waals surface area contributed by atoms with Crippen LogP contribution in [0.4, 0.5) is 4.39 Å². The van der Waals surface area contributed by atoms with Crippen molar-refractivity contribution >= 4 is 29.9 Å². The van der Waals surface area contributed by atoms with Gasteiger partial charge in [0.05, 0.1) is 6.10 Å². The molecule has 2 unspecified atom stereocenters. The van der Waals surface area contributed by atoms with Crippen LogP contribution in [-0.2, 0) is 0 Å². The van der Waals surface area contributed by atoms with E-state index in [0.717, 1.165) is 19.0 Å². The summed E-state index contributed by atoms with van der Waals surface area (Å²) in [6.07, 6.45) is 3.18. The van der Waals surface area contributed by atoms with E-state index in [4.69, 9.17) is 0 Å². The molecule has 0 saturated carbocycles. The lowest BCUT2D eigenvalue weighted by Crippen LogP contribution is -2.42. The highest BCUT2D eigenvalue weighted by atomic mass is 127. The average Bonchev–Trinajstić information content (AvgIpc) is 3.29. The molecule has 0 radical (unpaired) electrons. The first-order valence-corrected chi connectivity index (χ1v) is 9.27. The van der Waals surface area contributed by atoms with Gasteiger partial charge < -0.3 is 20.2 Å². The molecule has 2 N–H and O–H groups in total. The molecule has 2 saturated heterocycles. The van der Waals surface area contributed by atoms with Crippen LogP contribution in [-0.4, -0.2) is 67.2 Å². The van der Waals surface area contributed by atoms with Crippen molar-refractivity contribution in [3.8, 4) is 0 Å². The van der Waals surface area contributed by atoms with Gasteiger partial charge in [0.2, 0.25) is 0 Å². The van der Waals surface area contributed by atoms with Crippen molar-refractivity contribution in [1.29, 1.82) is 0 Å². The minimum atomic E-state index is -0.680. The summed E-state index contributed by atoms with van der Waals surface area (Å²) in [5.74, 6) is 1.24. The van der Waals surface area contributed by atoms with Crippen LogP contribution in [0.15, 0.2) is 29.3 Å². The van der Waals surface area contributed by atoms with Gasteiger partial charge in [-0.1, -0.05) is 12.1 Å². The van der Waals surface area contributed by atoms with Crippen molar-refractivity contribution in [2.75, 3.05) is 46.3 Å². The minimum absolute atomic E-state index is 0. The lowest BCUT2D eigenvalue weighted by atomic mass is 10.1. The SMILES string of the molecule is CN=C(NCC(O)c1ccc(F)cc1)N1CCC(CN2CCCC2)C1.I. The number of likely N-dealkylation sites (tertiary alicyclic amines) is 2. The van der Waals surface area contributed by atoms with Crippen molar-refractivity contribution in [3.63, 3.8) is 0 Å². The van der Waals surface area contributed by atoms with Gasteiger partial charge in [-0.15, -0.1) is 24.0 Å². The zero-order chi connectivity index (χ0) is 17.6. The Labute approximate surface area is 172 Å². The van der Waals surface area contributed by atoms with Crippen molar-refractivity contribution in [2.45, 2.75) is 25.4 Å². The molecule has 7 heteroatoms. The predicted molar refractivity (Wildman–Crippen MR) is 113 cm³/mol. The Kier molecular flexibility index (Phi) is 8.56. The molecule has 0 aromatic heterocycles. The third-order valence-electron chi connectivity index (χ3n) is 5.22. The van der Waals surface area contributed by atoms with E-state index in [1.54, 1.807) is 19.2 Å². The van der Waals surface area contributed by atoms with Gasteiger partial charge in [0.1, 0.15) is 5.82 Å². The number of halogens is 2. The standard InChI is InChI=1S/C19H29FN4O.HI/c1-21-19(22-12-18(25)16-4-6-17(20)7-5-16)24-11-8-15(14-24)13-23-9-2-3-10-23;/h4-7,15,18,25H,2-3,8-14H2,1H3,(H,21,22);1H. The Bertz CT molecular complexity index is 577. The van der Waals surface area contributed by atoms with E-state index in [-0.39, 0.29) is 29.8 Å². The first-order valence-electron chi connectivity index (χ1n) is 9.27. The molecule has 0 spiro atoms. The zero-order valence-corrected chi connectivity index (χ0v) is 17.7. The minimum Gasteiger partial charge on any atom is -0.387 e. The maximum atomic E-state index is 13.0. The molecular weight excluding hydrogens is 446 g/mol. The van der Waals surface area contributed by atoms with E-state index in [1.807, 2.05) is 0 Å². The topological polar surface area (TPSA) is 51.1 Å². The Morgan fingerprint density at radius 3 is 2.62 bits per heavy atom. The van der Waals surface area contributed by atoms with Gasteiger partial charge in [-0.2, -0.15) is 0 Å². The summed E-state index contributed by atoms with van der Waals surface area (Å²) in [7, 11) is 1.78. The van der Waals surface area contributed by atoms with Crippen LogP contribution >= 0.6 is 24.0 Å².